The quantitative estimate of drug-likeness (QED) is 0.904. The van der Waals surface area contributed by atoms with E-state index in [2.05, 4.69) is 15.4 Å². The van der Waals surface area contributed by atoms with Crippen LogP contribution in [0.15, 0.2) is 30.6 Å². The molecule has 126 valence electrons. The van der Waals surface area contributed by atoms with Gasteiger partial charge in [0, 0.05) is 25.5 Å². The molecule has 0 saturated carbocycles. The van der Waals surface area contributed by atoms with Crippen LogP contribution in [0.5, 0.6) is 0 Å². The van der Waals surface area contributed by atoms with E-state index in [4.69, 9.17) is 11.6 Å². The summed E-state index contributed by atoms with van der Waals surface area (Å²) < 4.78 is 1.57. The van der Waals surface area contributed by atoms with Gasteiger partial charge in [0.05, 0.1) is 18.5 Å². The average molecular weight is 348 g/mol. The molecule has 7 nitrogen and oxygen atoms in total. The van der Waals surface area contributed by atoms with Crippen LogP contribution in [0.4, 0.5) is 0 Å². The lowest BCUT2D eigenvalue weighted by atomic mass is 9.93. The number of rotatable bonds is 4. The molecule has 8 heteroatoms. The van der Waals surface area contributed by atoms with Crippen molar-refractivity contribution >= 4 is 23.4 Å². The largest absolute Gasteiger partial charge is 0.348 e. The Morgan fingerprint density at radius 2 is 2.21 bits per heavy atom. The Kier molecular flexibility index (Phi) is 4.53. The van der Waals surface area contributed by atoms with Gasteiger partial charge in [0.25, 0.3) is 0 Å². The lowest BCUT2D eigenvalue weighted by molar-refractivity contribution is -0.128. The molecule has 1 aliphatic rings. The molecule has 1 N–H and O–H groups in total. The van der Waals surface area contributed by atoms with E-state index in [0.717, 1.165) is 5.56 Å². The summed E-state index contributed by atoms with van der Waals surface area (Å²) in [6.07, 6.45) is 1.75. The first-order valence-electron chi connectivity index (χ1n) is 7.59. The van der Waals surface area contributed by atoms with Crippen LogP contribution in [0.25, 0.3) is 0 Å². The summed E-state index contributed by atoms with van der Waals surface area (Å²) in [5.41, 5.74) is 0.854. The minimum atomic E-state index is -0.468. The molecule has 2 aromatic rings. The number of nitrogens with one attached hydrogen (secondary N) is 1. The Labute approximate surface area is 144 Å². The van der Waals surface area contributed by atoms with Crippen molar-refractivity contribution in [1.29, 1.82) is 0 Å². The number of aryl methyl sites for hydroxylation is 1. The number of carbonyl (C=O) groups excluding carboxylic acids is 2. The summed E-state index contributed by atoms with van der Waals surface area (Å²) in [7, 11) is 3.47. The van der Waals surface area contributed by atoms with Gasteiger partial charge >= 0.3 is 0 Å². The Morgan fingerprint density at radius 3 is 2.88 bits per heavy atom. The number of amides is 2. The lowest BCUT2D eigenvalue weighted by Crippen LogP contribution is -2.34. The number of halogens is 1. The van der Waals surface area contributed by atoms with E-state index in [0.29, 0.717) is 10.8 Å². The van der Waals surface area contributed by atoms with Crippen molar-refractivity contribution in [1.82, 2.24) is 25.0 Å². The normalized spacial score (nSPS) is 20.5. The van der Waals surface area contributed by atoms with E-state index < -0.39 is 5.92 Å². The molecular weight excluding hydrogens is 330 g/mol. The molecule has 1 aromatic heterocycles. The highest BCUT2D eigenvalue weighted by atomic mass is 35.5. The zero-order valence-electron chi connectivity index (χ0n) is 13.4. The monoisotopic (exact) mass is 347 g/mol. The Hall–Kier alpha value is -2.41. The van der Waals surface area contributed by atoms with E-state index in [1.54, 1.807) is 42.1 Å². The fraction of sp³-hybridized carbons (Fsp3) is 0.375. The van der Waals surface area contributed by atoms with E-state index >= 15 is 0 Å². The fourth-order valence-corrected chi connectivity index (χ4v) is 3.21. The predicted octanol–water partition coefficient (Wildman–Crippen LogP) is 1.30. The topological polar surface area (TPSA) is 80.1 Å². The molecule has 2 heterocycles. The standard InChI is InChI=1S/C16H18ClN5O2/c1-21-9-19-13(20-21)8-18-16(24)12-7-14(23)22(2)15(12)10-4-3-5-11(17)6-10/h3-6,9,12,15H,7-8H2,1-2H3,(H,18,24). The number of nitrogens with zero attached hydrogens (tertiary/aromatic N) is 4. The molecular formula is C16H18ClN5O2. The lowest BCUT2D eigenvalue weighted by Gasteiger charge is -2.25. The minimum Gasteiger partial charge on any atom is -0.348 e. The Morgan fingerprint density at radius 1 is 1.42 bits per heavy atom. The first-order chi connectivity index (χ1) is 11.5. The molecule has 1 aliphatic heterocycles. The second kappa shape index (κ2) is 6.60. The van der Waals surface area contributed by atoms with E-state index in [9.17, 15) is 9.59 Å². The van der Waals surface area contributed by atoms with Crippen molar-refractivity contribution < 1.29 is 9.59 Å². The summed E-state index contributed by atoms with van der Waals surface area (Å²) in [5.74, 6) is -0.186. The summed E-state index contributed by atoms with van der Waals surface area (Å²) in [6, 6.07) is 6.94. The highest BCUT2D eigenvalue weighted by Gasteiger charge is 2.42. The van der Waals surface area contributed by atoms with Crippen molar-refractivity contribution in [2.75, 3.05) is 7.05 Å². The molecule has 0 bridgehead atoms. The van der Waals surface area contributed by atoms with Crippen molar-refractivity contribution in [2.45, 2.75) is 19.0 Å². The van der Waals surface area contributed by atoms with E-state index in [-0.39, 0.29) is 30.8 Å². The highest BCUT2D eigenvalue weighted by molar-refractivity contribution is 6.30. The first-order valence-corrected chi connectivity index (χ1v) is 7.97. The second-order valence-corrected chi connectivity index (χ2v) is 6.30. The minimum absolute atomic E-state index is 0.0592. The van der Waals surface area contributed by atoms with Crippen LogP contribution in [0.2, 0.25) is 5.02 Å². The van der Waals surface area contributed by atoms with Gasteiger partial charge in [-0.3, -0.25) is 14.3 Å². The molecule has 0 spiro atoms. The highest BCUT2D eigenvalue weighted by Crippen LogP contribution is 2.37. The molecule has 2 atom stereocenters. The molecule has 2 unspecified atom stereocenters. The van der Waals surface area contributed by atoms with E-state index in [1.165, 1.54) is 0 Å². The van der Waals surface area contributed by atoms with Crippen LogP contribution < -0.4 is 5.32 Å². The van der Waals surface area contributed by atoms with Crippen LogP contribution in [-0.2, 0) is 23.2 Å². The molecule has 3 rings (SSSR count). The average Bonchev–Trinajstić information content (AvgIpc) is 3.09. The van der Waals surface area contributed by atoms with Crippen LogP contribution in [-0.4, -0.2) is 38.5 Å². The van der Waals surface area contributed by atoms with Gasteiger partial charge in [-0.1, -0.05) is 23.7 Å². The summed E-state index contributed by atoms with van der Waals surface area (Å²) >= 11 is 6.06. The van der Waals surface area contributed by atoms with Gasteiger partial charge in [-0.2, -0.15) is 5.10 Å². The predicted molar refractivity (Wildman–Crippen MR) is 87.9 cm³/mol. The number of hydrogen-bond donors (Lipinski definition) is 1. The molecule has 2 amide bonds. The van der Waals surface area contributed by atoms with E-state index in [1.807, 2.05) is 12.1 Å². The Bertz CT molecular complexity index is 775. The summed E-state index contributed by atoms with van der Waals surface area (Å²) in [6.45, 7) is 0.232. The third-order valence-electron chi connectivity index (χ3n) is 4.18. The van der Waals surface area contributed by atoms with Gasteiger partial charge in [0.15, 0.2) is 5.82 Å². The van der Waals surface area contributed by atoms with Gasteiger partial charge < -0.3 is 10.2 Å². The maximum absolute atomic E-state index is 12.6. The number of benzene rings is 1. The molecule has 1 fully saturated rings. The number of carbonyl (C=O) groups is 2. The summed E-state index contributed by atoms with van der Waals surface area (Å²) in [4.78, 5) is 30.4. The molecule has 1 saturated heterocycles. The molecule has 1 aromatic carbocycles. The number of likely N-dealkylation sites (tertiary alicyclic amines) is 1. The number of hydrogen-bond acceptors (Lipinski definition) is 4. The van der Waals surface area contributed by atoms with Crippen molar-refractivity contribution in [3.63, 3.8) is 0 Å². The van der Waals surface area contributed by atoms with Gasteiger partial charge in [0.2, 0.25) is 11.8 Å². The van der Waals surface area contributed by atoms with Gasteiger partial charge in [0.1, 0.15) is 6.33 Å². The van der Waals surface area contributed by atoms with Crippen LogP contribution in [0, 0.1) is 5.92 Å². The zero-order valence-corrected chi connectivity index (χ0v) is 14.2. The SMILES string of the molecule is CN1C(=O)CC(C(=O)NCc2ncn(C)n2)C1c1cccc(Cl)c1. The number of aromatic nitrogens is 3. The van der Waals surface area contributed by atoms with Gasteiger partial charge in [-0.25, -0.2) is 4.98 Å². The third-order valence-corrected chi connectivity index (χ3v) is 4.42. The smallest absolute Gasteiger partial charge is 0.226 e. The zero-order chi connectivity index (χ0) is 17.3. The maximum atomic E-state index is 12.6. The third kappa shape index (κ3) is 3.26. The van der Waals surface area contributed by atoms with Crippen molar-refractivity contribution in [2.24, 2.45) is 13.0 Å². The second-order valence-electron chi connectivity index (χ2n) is 5.87. The Balaban J connectivity index is 1.76. The van der Waals surface area contributed by atoms with Gasteiger partial charge in [-0.15, -0.1) is 0 Å². The molecule has 0 aliphatic carbocycles. The van der Waals surface area contributed by atoms with Crippen LogP contribution >= 0.6 is 11.6 Å². The maximum Gasteiger partial charge on any atom is 0.226 e. The van der Waals surface area contributed by atoms with Gasteiger partial charge in [-0.05, 0) is 17.7 Å². The molecule has 24 heavy (non-hydrogen) atoms. The van der Waals surface area contributed by atoms with Crippen LogP contribution in [0.3, 0.4) is 0 Å². The fourth-order valence-electron chi connectivity index (χ4n) is 3.01. The van der Waals surface area contributed by atoms with Crippen LogP contribution in [0.1, 0.15) is 23.9 Å². The van der Waals surface area contributed by atoms with Crippen molar-refractivity contribution in [3.05, 3.63) is 47.0 Å². The first kappa shape index (κ1) is 16.4. The van der Waals surface area contributed by atoms with Crippen molar-refractivity contribution in [3.8, 4) is 0 Å². The summed E-state index contributed by atoms with van der Waals surface area (Å²) in [5, 5.41) is 7.53. The molecule has 0 radical (unpaired) electrons.